The van der Waals surface area contributed by atoms with E-state index in [0.29, 0.717) is 6.04 Å². The van der Waals surface area contributed by atoms with Gasteiger partial charge in [-0.15, -0.1) is 0 Å². The van der Waals surface area contributed by atoms with E-state index in [4.69, 9.17) is 0 Å². The summed E-state index contributed by atoms with van der Waals surface area (Å²) >= 11 is 0. The molecular weight excluding hydrogens is 597 g/mol. The SMILES string of the molecule is CCCCCC=CCC=CCCCCCCCCC(CCCCCCCCC=CCC=CCCCCC)NC(O)CCCN1CCCCC1. The maximum atomic E-state index is 10.9. The van der Waals surface area contributed by atoms with Gasteiger partial charge in [0, 0.05) is 6.04 Å². The minimum absolute atomic E-state index is 0.344. The number of allylic oxidation sites excluding steroid dienone is 8. The van der Waals surface area contributed by atoms with Gasteiger partial charge < -0.3 is 10.0 Å². The van der Waals surface area contributed by atoms with E-state index in [-0.39, 0.29) is 6.23 Å². The summed E-state index contributed by atoms with van der Waals surface area (Å²) in [4.78, 5) is 2.60. The Morgan fingerprint density at radius 2 is 0.878 bits per heavy atom. The molecule has 3 nitrogen and oxygen atoms in total. The van der Waals surface area contributed by atoms with Gasteiger partial charge >= 0.3 is 0 Å². The van der Waals surface area contributed by atoms with E-state index in [0.717, 1.165) is 32.2 Å². The molecule has 0 spiro atoms. The second-order valence-corrected chi connectivity index (χ2v) is 15.2. The Morgan fingerprint density at radius 3 is 1.33 bits per heavy atom. The largest absolute Gasteiger partial charge is 0.379 e. The minimum atomic E-state index is -0.344. The van der Waals surface area contributed by atoms with Gasteiger partial charge in [-0.1, -0.05) is 159 Å². The fourth-order valence-electron chi connectivity index (χ4n) is 7.12. The van der Waals surface area contributed by atoms with Crippen LogP contribution in [0.4, 0.5) is 0 Å². The van der Waals surface area contributed by atoms with E-state index in [1.165, 1.54) is 186 Å². The summed E-state index contributed by atoms with van der Waals surface area (Å²) in [5.41, 5.74) is 0. The summed E-state index contributed by atoms with van der Waals surface area (Å²) in [6, 6.07) is 0.474. The summed E-state index contributed by atoms with van der Waals surface area (Å²) in [7, 11) is 0. The van der Waals surface area contributed by atoms with Crippen LogP contribution < -0.4 is 5.32 Å². The van der Waals surface area contributed by atoms with Gasteiger partial charge in [0.05, 0.1) is 0 Å². The van der Waals surface area contributed by atoms with E-state index in [9.17, 15) is 5.11 Å². The smallest absolute Gasteiger partial charge is 0.105 e. The van der Waals surface area contributed by atoms with Gasteiger partial charge in [0.25, 0.3) is 0 Å². The number of hydrogen-bond donors (Lipinski definition) is 2. The summed E-state index contributed by atoms with van der Waals surface area (Å²) in [5, 5.41) is 14.5. The average Bonchev–Trinajstić information content (AvgIpc) is 3.11. The topological polar surface area (TPSA) is 35.5 Å². The molecule has 1 heterocycles. The highest BCUT2D eigenvalue weighted by Gasteiger charge is 2.15. The number of aliphatic hydroxyl groups is 1. The molecule has 0 aromatic carbocycles. The molecule has 49 heavy (non-hydrogen) atoms. The van der Waals surface area contributed by atoms with Crippen molar-refractivity contribution in [3.8, 4) is 0 Å². The highest BCUT2D eigenvalue weighted by Crippen LogP contribution is 2.17. The van der Waals surface area contributed by atoms with Crippen LogP contribution in [0.25, 0.3) is 0 Å². The lowest BCUT2D eigenvalue weighted by Crippen LogP contribution is -2.39. The second-order valence-electron chi connectivity index (χ2n) is 15.2. The van der Waals surface area contributed by atoms with Crippen molar-refractivity contribution in [2.24, 2.45) is 0 Å². The lowest BCUT2D eigenvalue weighted by molar-refractivity contribution is 0.0997. The zero-order valence-electron chi connectivity index (χ0n) is 33.2. The Labute approximate surface area is 308 Å². The Morgan fingerprint density at radius 1 is 0.469 bits per heavy atom. The van der Waals surface area contributed by atoms with E-state index in [1.54, 1.807) is 0 Å². The van der Waals surface area contributed by atoms with Gasteiger partial charge in [-0.3, -0.25) is 5.32 Å². The van der Waals surface area contributed by atoms with E-state index in [1.807, 2.05) is 0 Å². The molecule has 286 valence electrons. The first-order valence-electron chi connectivity index (χ1n) is 22.0. The van der Waals surface area contributed by atoms with Crippen LogP contribution in [0, 0.1) is 0 Å². The summed E-state index contributed by atoms with van der Waals surface area (Å²) in [5.74, 6) is 0. The molecule has 1 aliphatic rings. The number of nitrogens with one attached hydrogen (secondary N) is 1. The molecule has 0 aliphatic carbocycles. The molecule has 1 saturated heterocycles. The Hall–Kier alpha value is -1.16. The molecule has 0 saturated carbocycles. The van der Waals surface area contributed by atoms with Crippen LogP contribution in [0.3, 0.4) is 0 Å². The molecule has 1 atom stereocenters. The fraction of sp³-hybridized carbons (Fsp3) is 0.826. The number of unbranched alkanes of at least 4 members (excludes halogenated alkanes) is 18. The molecule has 3 heteroatoms. The molecule has 1 rings (SSSR count). The number of nitrogens with zero attached hydrogens (tertiary/aromatic N) is 1. The first-order chi connectivity index (χ1) is 24.3. The van der Waals surface area contributed by atoms with Crippen LogP contribution in [-0.4, -0.2) is 41.9 Å². The standard InChI is InChI=1S/C46H86N2O/c1-3-5-7-9-11-13-15-17-19-21-23-25-27-29-31-34-39-45(47-46(49)41-38-44-48-42-36-33-37-43-48)40-35-32-30-28-26-24-22-20-18-16-14-12-10-8-6-4-2/h11-14,17-20,45-47,49H,3-10,15-16,21-44H2,1-2H3. The van der Waals surface area contributed by atoms with Crippen LogP contribution >= 0.6 is 0 Å². The summed E-state index contributed by atoms with van der Waals surface area (Å²) in [6.45, 7) is 8.21. The number of aliphatic hydroxyl groups excluding tert-OH is 1. The quantitative estimate of drug-likeness (QED) is 0.0392. The number of hydrogen-bond acceptors (Lipinski definition) is 3. The van der Waals surface area contributed by atoms with Crippen molar-refractivity contribution in [1.82, 2.24) is 10.2 Å². The van der Waals surface area contributed by atoms with Crippen molar-refractivity contribution >= 4 is 0 Å². The molecular formula is C46H86N2O. The van der Waals surface area contributed by atoms with Crippen LogP contribution in [0.5, 0.6) is 0 Å². The first-order valence-corrected chi connectivity index (χ1v) is 22.0. The second kappa shape index (κ2) is 38.1. The lowest BCUT2D eigenvalue weighted by Gasteiger charge is -2.27. The first kappa shape index (κ1) is 45.9. The Balaban J connectivity index is 2.17. The van der Waals surface area contributed by atoms with Crippen molar-refractivity contribution in [3.05, 3.63) is 48.6 Å². The highest BCUT2D eigenvalue weighted by molar-refractivity contribution is 4.93. The molecule has 2 N–H and O–H groups in total. The van der Waals surface area contributed by atoms with Crippen molar-refractivity contribution in [1.29, 1.82) is 0 Å². The van der Waals surface area contributed by atoms with Gasteiger partial charge in [0.2, 0.25) is 0 Å². The zero-order chi connectivity index (χ0) is 35.1. The molecule has 0 radical (unpaired) electrons. The molecule has 0 aromatic rings. The van der Waals surface area contributed by atoms with Gasteiger partial charge in [0.15, 0.2) is 0 Å². The van der Waals surface area contributed by atoms with E-state index in [2.05, 4.69) is 72.7 Å². The monoisotopic (exact) mass is 683 g/mol. The van der Waals surface area contributed by atoms with Crippen LogP contribution in [-0.2, 0) is 0 Å². The average molecular weight is 683 g/mol. The van der Waals surface area contributed by atoms with E-state index < -0.39 is 0 Å². The van der Waals surface area contributed by atoms with Crippen LogP contribution in [0.1, 0.15) is 213 Å². The molecule has 0 bridgehead atoms. The molecule has 1 unspecified atom stereocenters. The lowest BCUT2D eigenvalue weighted by atomic mass is 9.99. The van der Waals surface area contributed by atoms with Gasteiger partial charge in [0.1, 0.15) is 6.23 Å². The van der Waals surface area contributed by atoms with Gasteiger partial charge in [-0.2, -0.15) is 0 Å². The maximum Gasteiger partial charge on any atom is 0.105 e. The summed E-state index contributed by atoms with van der Waals surface area (Å²) < 4.78 is 0. The third-order valence-electron chi connectivity index (χ3n) is 10.3. The highest BCUT2D eigenvalue weighted by atomic mass is 16.3. The van der Waals surface area contributed by atoms with Crippen molar-refractivity contribution < 1.29 is 5.11 Å². The van der Waals surface area contributed by atoms with Gasteiger partial charge in [-0.25, -0.2) is 0 Å². The predicted molar refractivity (Wildman–Crippen MR) is 220 cm³/mol. The van der Waals surface area contributed by atoms with Crippen molar-refractivity contribution in [3.63, 3.8) is 0 Å². The van der Waals surface area contributed by atoms with Crippen molar-refractivity contribution in [2.45, 2.75) is 225 Å². The fourth-order valence-corrected chi connectivity index (χ4v) is 7.12. The number of likely N-dealkylation sites (tertiary alicyclic amines) is 1. The molecule has 1 aliphatic heterocycles. The maximum absolute atomic E-state index is 10.9. The minimum Gasteiger partial charge on any atom is -0.379 e. The Kier molecular flexibility index (Phi) is 35.6. The Bertz CT molecular complexity index is 717. The van der Waals surface area contributed by atoms with Crippen molar-refractivity contribution in [2.75, 3.05) is 19.6 Å². The number of rotatable bonds is 36. The zero-order valence-corrected chi connectivity index (χ0v) is 33.2. The molecule has 0 aromatic heterocycles. The molecule has 0 amide bonds. The van der Waals surface area contributed by atoms with Gasteiger partial charge in [-0.05, 0) is 122 Å². The third-order valence-corrected chi connectivity index (χ3v) is 10.3. The predicted octanol–water partition coefficient (Wildman–Crippen LogP) is 13.9. The molecule has 1 fully saturated rings. The summed E-state index contributed by atoms with van der Waals surface area (Å²) in [6.07, 6.45) is 58.3. The normalized spacial score (nSPS) is 15.9. The van der Waals surface area contributed by atoms with E-state index >= 15 is 0 Å². The van der Waals surface area contributed by atoms with Crippen LogP contribution in [0.2, 0.25) is 0 Å². The number of piperidine rings is 1. The third kappa shape index (κ3) is 33.7. The van der Waals surface area contributed by atoms with Crippen LogP contribution in [0.15, 0.2) is 48.6 Å².